The molecule has 2 amide bonds. The molecule has 25 heavy (non-hydrogen) atoms. The maximum atomic E-state index is 13.6. The van der Waals surface area contributed by atoms with E-state index in [-0.39, 0.29) is 5.69 Å². The topological polar surface area (TPSA) is 63.5 Å². The number of urea groups is 1. The third-order valence-electron chi connectivity index (χ3n) is 3.72. The van der Waals surface area contributed by atoms with Crippen molar-refractivity contribution in [3.8, 4) is 5.75 Å². The lowest BCUT2D eigenvalue weighted by atomic mass is 10.2. The number of rotatable bonds is 5. The second-order valence-electron chi connectivity index (χ2n) is 5.56. The summed E-state index contributed by atoms with van der Waals surface area (Å²) in [6.07, 6.45) is 0. The summed E-state index contributed by atoms with van der Waals surface area (Å²) in [6.45, 7) is 4.23. The maximum Gasteiger partial charge on any atom is 0.319 e. The zero-order valence-electron chi connectivity index (χ0n) is 14.0. The smallest absolute Gasteiger partial charge is 0.319 e. The molecule has 3 aromatic rings. The molecule has 0 saturated carbocycles. The molecule has 6 heteroatoms. The van der Waals surface area contributed by atoms with E-state index in [0.29, 0.717) is 23.7 Å². The van der Waals surface area contributed by atoms with Crippen molar-refractivity contribution in [2.45, 2.75) is 19.9 Å². The van der Waals surface area contributed by atoms with Crippen molar-refractivity contribution in [3.63, 3.8) is 0 Å². The highest BCUT2D eigenvalue weighted by molar-refractivity contribution is 5.90. The molecular weight excluding hydrogens is 323 g/mol. The third-order valence-corrected chi connectivity index (χ3v) is 3.72. The Morgan fingerprint density at radius 2 is 2.04 bits per heavy atom. The Morgan fingerprint density at radius 3 is 2.80 bits per heavy atom. The van der Waals surface area contributed by atoms with Crippen molar-refractivity contribution < 1.29 is 18.3 Å². The van der Waals surface area contributed by atoms with Gasteiger partial charge in [0.2, 0.25) is 0 Å². The molecule has 130 valence electrons. The average molecular weight is 342 g/mol. The molecule has 0 spiro atoms. The van der Waals surface area contributed by atoms with Crippen LogP contribution in [0.25, 0.3) is 11.0 Å². The van der Waals surface area contributed by atoms with E-state index >= 15 is 0 Å². The summed E-state index contributed by atoms with van der Waals surface area (Å²) >= 11 is 0. The minimum absolute atomic E-state index is 0.121. The summed E-state index contributed by atoms with van der Waals surface area (Å²) < 4.78 is 25.0. The number of hydrogen-bond acceptors (Lipinski definition) is 3. The van der Waals surface area contributed by atoms with E-state index < -0.39 is 17.9 Å². The van der Waals surface area contributed by atoms with E-state index in [1.54, 1.807) is 19.1 Å². The first-order valence-electron chi connectivity index (χ1n) is 8.05. The van der Waals surface area contributed by atoms with Gasteiger partial charge in [0.05, 0.1) is 18.3 Å². The van der Waals surface area contributed by atoms with Crippen LogP contribution in [0.15, 0.2) is 52.9 Å². The number of furan rings is 1. The zero-order valence-corrected chi connectivity index (χ0v) is 14.0. The Hall–Kier alpha value is -3.02. The molecule has 1 atom stereocenters. The van der Waals surface area contributed by atoms with Crippen LogP contribution in [-0.2, 0) is 0 Å². The molecular formula is C19H19FN2O3. The summed E-state index contributed by atoms with van der Waals surface area (Å²) in [6, 6.07) is 12.6. The number of para-hydroxylation sites is 2. The van der Waals surface area contributed by atoms with Crippen molar-refractivity contribution in [1.82, 2.24) is 5.32 Å². The normalized spacial score (nSPS) is 12.0. The number of carbonyl (C=O) groups excluding carboxylic acids is 1. The van der Waals surface area contributed by atoms with Crippen LogP contribution < -0.4 is 15.4 Å². The Kier molecular flexibility index (Phi) is 4.88. The van der Waals surface area contributed by atoms with E-state index in [1.807, 2.05) is 31.2 Å². The van der Waals surface area contributed by atoms with Gasteiger partial charge in [-0.2, -0.15) is 0 Å². The van der Waals surface area contributed by atoms with Gasteiger partial charge in [-0.25, -0.2) is 9.18 Å². The lowest BCUT2D eigenvalue weighted by Crippen LogP contribution is -2.31. The number of amides is 2. The molecule has 1 aromatic heterocycles. The molecule has 0 aliphatic heterocycles. The van der Waals surface area contributed by atoms with Gasteiger partial charge in [0.15, 0.2) is 11.3 Å². The predicted molar refractivity (Wildman–Crippen MR) is 94.4 cm³/mol. The second-order valence-corrected chi connectivity index (χ2v) is 5.56. The van der Waals surface area contributed by atoms with Crippen LogP contribution in [0.5, 0.6) is 5.75 Å². The average Bonchev–Trinajstić information content (AvgIpc) is 3.03. The third kappa shape index (κ3) is 3.74. The Balaban J connectivity index is 1.73. The van der Waals surface area contributed by atoms with E-state index in [1.165, 1.54) is 12.1 Å². The summed E-state index contributed by atoms with van der Waals surface area (Å²) in [5, 5.41) is 6.11. The molecule has 0 bridgehead atoms. The molecule has 0 radical (unpaired) electrons. The highest BCUT2D eigenvalue weighted by atomic mass is 19.1. The molecule has 0 fully saturated rings. The van der Waals surface area contributed by atoms with Gasteiger partial charge < -0.3 is 19.8 Å². The number of halogens is 1. The van der Waals surface area contributed by atoms with E-state index in [9.17, 15) is 9.18 Å². The number of hydrogen-bond donors (Lipinski definition) is 2. The van der Waals surface area contributed by atoms with E-state index in [4.69, 9.17) is 9.15 Å². The van der Waals surface area contributed by atoms with Crippen molar-refractivity contribution in [3.05, 3.63) is 60.1 Å². The molecule has 0 saturated heterocycles. The lowest BCUT2D eigenvalue weighted by Gasteiger charge is -2.13. The minimum Gasteiger partial charge on any atom is -0.490 e. The van der Waals surface area contributed by atoms with Crippen LogP contribution in [0.4, 0.5) is 14.9 Å². The number of anilines is 1. The van der Waals surface area contributed by atoms with Gasteiger partial charge in [0, 0.05) is 5.39 Å². The molecule has 2 N–H and O–H groups in total. The van der Waals surface area contributed by atoms with Crippen LogP contribution in [0.2, 0.25) is 0 Å². The maximum absolute atomic E-state index is 13.6. The predicted octanol–water partition coefficient (Wildman–Crippen LogP) is 4.85. The quantitative estimate of drug-likeness (QED) is 0.696. The second kappa shape index (κ2) is 7.25. The molecule has 1 unspecified atom stereocenters. The molecule has 0 aliphatic carbocycles. The monoisotopic (exact) mass is 342 g/mol. The van der Waals surface area contributed by atoms with Gasteiger partial charge in [-0.05, 0) is 38.1 Å². The summed E-state index contributed by atoms with van der Waals surface area (Å²) in [7, 11) is 0. The Morgan fingerprint density at radius 1 is 1.24 bits per heavy atom. The van der Waals surface area contributed by atoms with Crippen molar-refractivity contribution >= 4 is 22.7 Å². The number of nitrogens with one attached hydrogen (secondary N) is 2. The van der Waals surface area contributed by atoms with E-state index in [0.717, 1.165) is 5.39 Å². The summed E-state index contributed by atoms with van der Waals surface area (Å²) in [5.74, 6) is 0.760. The Bertz CT molecular complexity index is 891. The molecule has 2 aromatic carbocycles. The van der Waals surface area contributed by atoms with Gasteiger partial charge in [0.25, 0.3) is 0 Å². The zero-order chi connectivity index (χ0) is 17.8. The minimum atomic E-state index is -0.511. The lowest BCUT2D eigenvalue weighted by molar-refractivity contribution is 0.247. The fourth-order valence-corrected chi connectivity index (χ4v) is 2.53. The Labute approximate surface area is 144 Å². The van der Waals surface area contributed by atoms with Crippen LogP contribution in [-0.4, -0.2) is 12.6 Å². The number of carbonyl (C=O) groups is 1. The summed E-state index contributed by atoms with van der Waals surface area (Å²) in [5.41, 5.74) is 0.762. The molecule has 0 aliphatic rings. The number of fused-ring (bicyclic) bond motifs is 1. The van der Waals surface area contributed by atoms with Crippen molar-refractivity contribution in [1.29, 1.82) is 0 Å². The van der Waals surface area contributed by atoms with Gasteiger partial charge >= 0.3 is 6.03 Å². The van der Waals surface area contributed by atoms with Gasteiger partial charge in [-0.1, -0.05) is 24.3 Å². The van der Waals surface area contributed by atoms with Crippen LogP contribution in [0.1, 0.15) is 25.6 Å². The fourth-order valence-electron chi connectivity index (χ4n) is 2.53. The molecule has 3 rings (SSSR count). The van der Waals surface area contributed by atoms with Crippen LogP contribution >= 0.6 is 0 Å². The molecule has 1 heterocycles. The van der Waals surface area contributed by atoms with Gasteiger partial charge in [-0.3, -0.25) is 0 Å². The largest absolute Gasteiger partial charge is 0.490 e. The molecule has 5 nitrogen and oxygen atoms in total. The van der Waals surface area contributed by atoms with E-state index in [2.05, 4.69) is 10.6 Å². The van der Waals surface area contributed by atoms with Gasteiger partial charge in [-0.15, -0.1) is 0 Å². The van der Waals surface area contributed by atoms with Crippen LogP contribution in [0.3, 0.4) is 0 Å². The SMILES string of the molecule is CCOc1cccc2cc(C(C)NC(=O)Nc3ccccc3F)oc12. The first-order valence-corrected chi connectivity index (χ1v) is 8.05. The van der Waals surface area contributed by atoms with Crippen LogP contribution in [0, 0.1) is 5.82 Å². The van der Waals surface area contributed by atoms with Gasteiger partial charge in [0.1, 0.15) is 11.6 Å². The van der Waals surface area contributed by atoms with Crippen molar-refractivity contribution in [2.24, 2.45) is 0 Å². The highest BCUT2D eigenvalue weighted by Crippen LogP contribution is 2.31. The number of ether oxygens (including phenoxy) is 1. The first-order chi connectivity index (χ1) is 12.1. The highest BCUT2D eigenvalue weighted by Gasteiger charge is 2.16. The fraction of sp³-hybridized carbons (Fsp3) is 0.211. The standard InChI is InChI=1S/C19H19FN2O3/c1-3-24-16-10-6-7-13-11-17(25-18(13)16)12(2)21-19(23)22-15-9-5-4-8-14(15)20/h4-12H,3H2,1-2H3,(H2,21,22,23). The summed E-state index contributed by atoms with van der Waals surface area (Å²) in [4.78, 5) is 12.1. The van der Waals surface area contributed by atoms with Crippen molar-refractivity contribution in [2.75, 3.05) is 11.9 Å². The number of benzene rings is 2. The first kappa shape index (κ1) is 16.8.